The van der Waals surface area contributed by atoms with Crippen molar-refractivity contribution in [2.45, 2.75) is 11.8 Å². The smallest absolute Gasteiger partial charge is 0.326 e. The van der Waals surface area contributed by atoms with E-state index in [0.717, 1.165) is 0 Å². The van der Waals surface area contributed by atoms with Gasteiger partial charge in [-0.15, -0.1) is 10.1 Å². The first-order chi connectivity index (χ1) is 12.5. The summed E-state index contributed by atoms with van der Waals surface area (Å²) in [5.74, 6) is -0.822. The summed E-state index contributed by atoms with van der Waals surface area (Å²) < 4.78 is 5.42. The van der Waals surface area contributed by atoms with Crippen LogP contribution < -0.4 is 4.74 Å². The maximum atomic E-state index is 11.9. The van der Waals surface area contributed by atoms with E-state index in [1.165, 1.54) is 12.1 Å². The quantitative estimate of drug-likeness (QED) is 0.227. The highest BCUT2D eigenvalue weighted by Crippen LogP contribution is 2.32. The lowest BCUT2D eigenvalue weighted by atomic mass is 9.76. The predicted octanol–water partition coefficient (Wildman–Crippen LogP) is 2.23. The number of benzene rings is 2. The molecule has 0 saturated carbocycles. The minimum atomic E-state index is -1.81. The van der Waals surface area contributed by atoms with Crippen molar-refractivity contribution in [2.24, 2.45) is 0 Å². The van der Waals surface area contributed by atoms with Gasteiger partial charge in [-0.1, -0.05) is 42.5 Å². The van der Waals surface area contributed by atoms with Crippen LogP contribution in [0.2, 0.25) is 0 Å². The van der Waals surface area contributed by atoms with Crippen molar-refractivity contribution >= 4 is 12.3 Å². The topological polar surface area (TPSA) is 116 Å². The summed E-state index contributed by atoms with van der Waals surface area (Å²) in [7, 11) is 0. The Hall–Kier alpha value is -3.42. The minimum absolute atomic E-state index is 0.0770. The molecule has 136 valence electrons. The number of ether oxygens (including phenoxy) is 1. The van der Waals surface area contributed by atoms with Crippen molar-refractivity contribution in [3.05, 3.63) is 75.8 Å². The number of hydrogen-bond acceptors (Lipinski definition) is 6. The fraction of sp³-hybridized carbons (Fsp3) is 0.222. The van der Waals surface area contributed by atoms with Crippen molar-refractivity contribution in [3.8, 4) is 5.75 Å². The van der Waals surface area contributed by atoms with E-state index in [2.05, 4.69) is 4.84 Å². The van der Waals surface area contributed by atoms with Gasteiger partial charge in [0.05, 0.1) is 13.2 Å². The van der Waals surface area contributed by atoms with E-state index in [0.29, 0.717) is 29.6 Å². The Morgan fingerprint density at radius 2 is 1.69 bits per heavy atom. The van der Waals surface area contributed by atoms with Crippen molar-refractivity contribution in [1.29, 1.82) is 0 Å². The first-order valence-corrected chi connectivity index (χ1v) is 7.76. The molecule has 0 aromatic heterocycles. The van der Waals surface area contributed by atoms with Crippen molar-refractivity contribution in [3.63, 3.8) is 0 Å². The van der Waals surface area contributed by atoms with E-state index in [1.807, 2.05) is 0 Å². The Bertz CT molecular complexity index is 761. The molecule has 1 unspecified atom stereocenters. The average Bonchev–Trinajstić information content (AvgIpc) is 2.64. The lowest BCUT2D eigenvalue weighted by Crippen LogP contribution is -2.38. The second-order valence-corrected chi connectivity index (χ2v) is 5.38. The van der Waals surface area contributed by atoms with Gasteiger partial charge in [-0.3, -0.25) is 4.79 Å². The second kappa shape index (κ2) is 8.61. The standard InChI is InChI=1S/C18H17NO7/c20-13-18(17(21)22,14-5-2-1-3-6-14)15-7-9-16(10-8-15)25-11-4-12-26-19(23)24/h1-3,5-10,13H,4,11-12H2,(H,21,22). The molecule has 0 radical (unpaired) electrons. The van der Waals surface area contributed by atoms with Gasteiger partial charge in [-0.05, 0) is 23.3 Å². The zero-order chi connectivity index (χ0) is 19.0. The van der Waals surface area contributed by atoms with Crippen LogP contribution in [-0.2, 0) is 19.8 Å². The summed E-state index contributed by atoms with van der Waals surface area (Å²) >= 11 is 0. The molecule has 0 aliphatic rings. The van der Waals surface area contributed by atoms with Gasteiger partial charge >= 0.3 is 5.97 Å². The molecule has 2 aromatic carbocycles. The molecule has 26 heavy (non-hydrogen) atoms. The molecule has 0 aliphatic heterocycles. The fourth-order valence-electron chi connectivity index (χ4n) is 2.50. The summed E-state index contributed by atoms with van der Waals surface area (Å²) in [4.78, 5) is 37.9. The minimum Gasteiger partial charge on any atom is -0.494 e. The molecule has 0 spiro atoms. The van der Waals surface area contributed by atoms with E-state index < -0.39 is 16.5 Å². The van der Waals surface area contributed by atoms with Crippen molar-refractivity contribution in [1.82, 2.24) is 0 Å². The Morgan fingerprint density at radius 1 is 1.08 bits per heavy atom. The lowest BCUT2D eigenvalue weighted by Gasteiger charge is -2.24. The van der Waals surface area contributed by atoms with Gasteiger partial charge in [-0.25, -0.2) is 0 Å². The normalized spacial score (nSPS) is 12.6. The van der Waals surface area contributed by atoms with Gasteiger partial charge in [0, 0.05) is 6.42 Å². The maximum Gasteiger partial charge on any atom is 0.326 e. The number of aldehydes is 1. The van der Waals surface area contributed by atoms with Gasteiger partial charge in [0.1, 0.15) is 12.0 Å². The summed E-state index contributed by atoms with van der Waals surface area (Å²) in [6.45, 7) is 0.121. The fourth-order valence-corrected chi connectivity index (χ4v) is 2.50. The third-order valence-electron chi connectivity index (χ3n) is 3.81. The molecular weight excluding hydrogens is 342 g/mol. The van der Waals surface area contributed by atoms with Gasteiger partial charge in [0.25, 0.3) is 5.09 Å². The van der Waals surface area contributed by atoms with Gasteiger partial charge in [-0.2, -0.15) is 0 Å². The summed E-state index contributed by atoms with van der Waals surface area (Å²) in [6.07, 6.45) is 0.732. The van der Waals surface area contributed by atoms with E-state index in [4.69, 9.17) is 4.74 Å². The molecule has 0 fully saturated rings. The number of carboxylic acids is 1. The Kier molecular flexibility index (Phi) is 6.26. The predicted molar refractivity (Wildman–Crippen MR) is 90.4 cm³/mol. The average molecular weight is 359 g/mol. The zero-order valence-electron chi connectivity index (χ0n) is 13.7. The van der Waals surface area contributed by atoms with Crippen LogP contribution in [0.3, 0.4) is 0 Å². The van der Waals surface area contributed by atoms with Crippen molar-refractivity contribution in [2.75, 3.05) is 13.2 Å². The largest absolute Gasteiger partial charge is 0.494 e. The first kappa shape index (κ1) is 18.9. The molecule has 1 N–H and O–H groups in total. The van der Waals surface area contributed by atoms with Crippen LogP contribution in [-0.4, -0.2) is 35.7 Å². The van der Waals surface area contributed by atoms with Crippen LogP contribution in [0.4, 0.5) is 0 Å². The number of carbonyl (C=O) groups excluding carboxylic acids is 1. The number of hydrogen-bond donors (Lipinski definition) is 1. The molecule has 2 rings (SSSR count). The molecule has 0 bridgehead atoms. The molecule has 0 saturated heterocycles. The number of aliphatic carboxylic acids is 1. The van der Waals surface area contributed by atoms with Crippen molar-refractivity contribution < 1.29 is 29.4 Å². The van der Waals surface area contributed by atoms with Crippen LogP contribution in [0.15, 0.2) is 54.6 Å². The molecule has 2 aromatic rings. The van der Waals surface area contributed by atoms with Crippen LogP contribution in [0.25, 0.3) is 0 Å². The maximum absolute atomic E-state index is 11.9. The van der Waals surface area contributed by atoms with Gasteiger partial charge < -0.3 is 19.5 Å². The zero-order valence-corrected chi connectivity index (χ0v) is 13.7. The molecule has 1 atom stereocenters. The first-order valence-electron chi connectivity index (χ1n) is 7.76. The number of carbonyl (C=O) groups is 2. The van der Waals surface area contributed by atoms with Crippen LogP contribution >= 0.6 is 0 Å². The molecular formula is C18H17NO7. The molecule has 0 aliphatic carbocycles. The lowest BCUT2D eigenvalue weighted by molar-refractivity contribution is -0.757. The summed E-state index contributed by atoms with van der Waals surface area (Å²) in [6, 6.07) is 14.4. The van der Waals surface area contributed by atoms with Gasteiger partial charge in [0.15, 0.2) is 5.41 Å². The van der Waals surface area contributed by atoms with E-state index in [9.17, 15) is 24.8 Å². The van der Waals surface area contributed by atoms with Crippen LogP contribution in [0.1, 0.15) is 17.5 Å². The van der Waals surface area contributed by atoms with Gasteiger partial charge in [0.2, 0.25) is 0 Å². The highest BCUT2D eigenvalue weighted by Gasteiger charge is 2.42. The Morgan fingerprint density at radius 3 is 2.23 bits per heavy atom. The number of carboxylic acid groups (broad SMARTS) is 1. The highest BCUT2D eigenvalue weighted by atomic mass is 16.9. The SMILES string of the molecule is O=CC(C(=O)O)(c1ccccc1)c1ccc(OCCCO[N+](=O)[O-])cc1. The van der Waals surface area contributed by atoms with Crippen LogP contribution in [0.5, 0.6) is 5.75 Å². The third kappa shape index (κ3) is 4.15. The Labute approximate surface area is 149 Å². The van der Waals surface area contributed by atoms with Crippen LogP contribution in [0, 0.1) is 10.1 Å². The van der Waals surface area contributed by atoms with E-state index in [1.54, 1.807) is 42.5 Å². The third-order valence-corrected chi connectivity index (χ3v) is 3.81. The summed E-state index contributed by atoms with van der Waals surface area (Å²) in [5, 5.41) is 18.9. The summed E-state index contributed by atoms with van der Waals surface area (Å²) in [5.41, 5.74) is -1.15. The molecule has 8 heteroatoms. The molecule has 0 amide bonds. The molecule has 8 nitrogen and oxygen atoms in total. The number of nitrogens with zero attached hydrogens (tertiary/aromatic N) is 1. The van der Waals surface area contributed by atoms with E-state index in [-0.39, 0.29) is 13.2 Å². The number of rotatable bonds is 10. The molecule has 0 heterocycles. The second-order valence-electron chi connectivity index (χ2n) is 5.38. The van der Waals surface area contributed by atoms with E-state index >= 15 is 0 Å². The monoisotopic (exact) mass is 359 g/mol. The highest BCUT2D eigenvalue weighted by molar-refractivity contribution is 6.03. The Balaban J connectivity index is 2.15.